The lowest BCUT2D eigenvalue weighted by atomic mass is 9.90. The Hall–Kier alpha value is -4.78. The minimum atomic E-state index is 0.483. The van der Waals surface area contributed by atoms with Crippen molar-refractivity contribution in [3.05, 3.63) is 71.7 Å². The topological polar surface area (TPSA) is 151 Å². The van der Waals surface area contributed by atoms with E-state index in [1.807, 2.05) is 54.6 Å². The standard InChI is InChI=1S/C18H20BrN5O.C18H21N5O/c19-13-7-4-8-14(9-13)22-18-23-16-15(20-11-21-16)17(24-18)25-10-12-5-2-1-3-6-12;1-3-7-13(8-4-1)11-24-17-15-16(20-12-19-15)22-18(23-17)21-14-9-5-2-6-10-14/h4,7-9,11-12H,1-3,5-6,10H2,(H2,20,21,22,23,24);2,5-6,9-10,12-13H,1,3-4,7-8,11H2,(H2,19,20,21,22,23). The van der Waals surface area contributed by atoms with Gasteiger partial charge in [-0.25, -0.2) is 9.97 Å². The predicted molar refractivity (Wildman–Crippen MR) is 195 cm³/mol. The zero-order valence-corrected chi connectivity index (χ0v) is 29.0. The number of hydrogen-bond donors (Lipinski definition) is 4. The molecule has 0 radical (unpaired) electrons. The lowest BCUT2D eigenvalue weighted by Crippen LogP contribution is -2.16. The molecule has 2 aromatic carbocycles. The summed E-state index contributed by atoms with van der Waals surface area (Å²) >= 11 is 3.47. The van der Waals surface area contributed by atoms with Crippen molar-refractivity contribution in [1.29, 1.82) is 0 Å². The monoisotopic (exact) mass is 724 g/mol. The van der Waals surface area contributed by atoms with Crippen LogP contribution >= 0.6 is 15.9 Å². The first-order valence-corrected chi connectivity index (χ1v) is 18.0. The number of para-hydroxylation sites is 1. The van der Waals surface area contributed by atoms with Crippen LogP contribution in [0.15, 0.2) is 71.7 Å². The Kier molecular flexibility index (Phi) is 10.7. The first-order chi connectivity index (χ1) is 24.2. The quantitative estimate of drug-likeness (QED) is 0.108. The molecule has 13 heteroatoms. The number of nitrogens with one attached hydrogen (secondary N) is 4. The number of aromatic amines is 2. The highest BCUT2D eigenvalue weighted by molar-refractivity contribution is 9.10. The summed E-state index contributed by atoms with van der Waals surface area (Å²) in [6.07, 6.45) is 16.1. The molecule has 0 amide bonds. The summed E-state index contributed by atoms with van der Waals surface area (Å²) in [7, 11) is 0. The second-order valence-corrected chi connectivity index (χ2v) is 13.6. The molecule has 4 aromatic heterocycles. The highest BCUT2D eigenvalue weighted by Gasteiger charge is 2.19. The van der Waals surface area contributed by atoms with Crippen molar-refractivity contribution in [2.75, 3.05) is 23.8 Å². The highest BCUT2D eigenvalue weighted by Crippen LogP contribution is 2.29. The molecule has 4 heterocycles. The van der Waals surface area contributed by atoms with Gasteiger partial charge in [0.25, 0.3) is 0 Å². The first-order valence-electron chi connectivity index (χ1n) is 17.2. The third-order valence-electron chi connectivity index (χ3n) is 8.98. The van der Waals surface area contributed by atoms with E-state index in [1.165, 1.54) is 64.2 Å². The van der Waals surface area contributed by atoms with Crippen LogP contribution in [-0.2, 0) is 0 Å². The SMILES string of the molecule is Brc1cccc(Nc2nc(OCC3CCCCC3)c3[nH]cnc3n2)c1.c1ccc(Nc2nc(OCC3CCCCC3)c3[nH]cnc3n2)cc1. The zero-order valence-electron chi connectivity index (χ0n) is 27.4. The van der Waals surface area contributed by atoms with Crippen molar-refractivity contribution in [2.45, 2.75) is 64.2 Å². The fraction of sp³-hybridized carbons (Fsp3) is 0.389. The van der Waals surface area contributed by atoms with Gasteiger partial charge in [-0.2, -0.15) is 19.9 Å². The average molecular weight is 726 g/mol. The van der Waals surface area contributed by atoms with Gasteiger partial charge in [-0.1, -0.05) is 78.7 Å². The van der Waals surface area contributed by atoms with Gasteiger partial charge in [-0.3, -0.25) is 0 Å². The van der Waals surface area contributed by atoms with E-state index >= 15 is 0 Å². The molecule has 4 N–H and O–H groups in total. The molecular weight excluding hydrogens is 684 g/mol. The number of benzene rings is 2. The molecule has 6 aromatic rings. The normalized spacial score (nSPS) is 15.4. The van der Waals surface area contributed by atoms with Crippen LogP contribution in [0.2, 0.25) is 0 Å². The first kappa shape index (κ1) is 32.8. The van der Waals surface area contributed by atoms with Crippen LogP contribution in [0.25, 0.3) is 22.3 Å². The molecule has 12 nitrogen and oxygen atoms in total. The largest absolute Gasteiger partial charge is 0.476 e. The third kappa shape index (κ3) is 8.83. The van der Waals surface area contributed by atoms with Gasteiger partial charge in [0, 0.05) is 15.8 Å². The van der Waals surface area contributed by atoms with E-state index in [0.717, 1.165) is 26.9 Å². The summed E-state index contributed by atoms with van der Waals surface area (Å²) in [6, 6.07) is 17.7. The van der Waals surface area contributed by atoms with Crippen LogP contribution < -0.4 is 20.1 Å². The molecule has 2 fully saturated rings. The van der Waals surface area contributed by atoms with Gasteiger partial charge < -0.3 is 30.1 Å². The summed E-state index contributed by atoms with van der Waals surface area (Å²) in [4.78, 5) is 32.7. The van der Waals surface area contributed by atoms with Crippen LogP contribution in [0.3, 0.4) is 0 Å². The molecule has 0 unspecified atom stereocenters. The number of fused-ring (bicyclic) bond motifs is 2. The van der Waals surface area contributed by atoms with Crippen molar-refractivity contribution in [3.63, 3.8) is 0 Å². The Morgan fingerprint density at radius 3 is 1.65 bits per heavy atom. The number of imidazole rings is 2. The number of rotatable bonds is 10. The number of anilines is 4. The summed E-state index contributed by atoms with van der Waals surface area (Å²) in [6.45, 7) is 1.40. The number of hydrogen-bond acceptors (Lipinski definition) is 10. The van der Waals surface area contributed by atoms with Gasteiger partial charge in [0.15, 0.2) is 11.3 Å². The number of nitrogens with zero attached hydrogens (tertiary/aromatic N) is 6. The lowest BCUT2D eigenvalue weighted by Gasteiger charge is -2.21. The van der Waals surface area contributed by atoms with Crippen molar-refractivity contribution in [1.82, 2.24) is 39.9 Å². The van der Waals surface area contributed by atoms with Crippen molar-refractivity contribution in [2.24, 2.45) is 11.8 Å². The van der Waals surface area contributed by atoms with Gasteiger partial charge in [0.1, 0.15) is 11.0 Å². The van der Waals surface area contributed by atoms with Crippen LogP contribution in [0.4, 0.5) is 23.3 Å². The molecule has 0 bridgehead atoms. The molecule has 0 atom stereocenters. The molecule has 0 spiro atoms. The summed E-state index contributed by atoms with van der Waals surface area (Å²) in [5, 5.41) is 6.43. The zero-order chi connectivity index (χ0) is 33.3. The number of aromatic nitrogens is 8. The summed E-state index contributed by atoms with van der Waals surface area (Å²) < 4.78 is 13.1. The van der Waals surface area contributed by atoms with E-state index in [1.54, 1.807) is 12.7 Å². The fourth-order valence-corrected chi connectivity index (χ4v) is 6.78. The summed E-state index contributed by atoms with van der Waals surface area (Å²) in [5.41, 5.74) is 4.56. The Bertz CT molecular complexity index is 1940. The van der Waals surface area contributed by atoms with E-state index < -0.39 is 0 Å². The molecule has 2 aliphatic carbocycles. The van der Waals surface area contributed by atoms with Crippen LogP contribution in [0.1, 0.15) is 64.2 Å². The second kappa shape index (κ2) is 16.1. The number of halogens is 1. The minimum Gasteiger partial charge on any atom is -0.476 e. The maximum Gasteiger partial charge on any atom is 0.245 e. The van der Waals surface area contributed by atoms with Gasteiger partial charge in [0.05, 0.1) is 25.9 Å². The maximum atomic E-state index is 6.05. The molecule has 2 saturated carbocycles. The number of H-pyrrole nitrogens is 2. The Morgan fingerprint density at radius 2 is 1.12 bits per heavy atom. The maximum absolute atomic E-state index is 6.05. The predicted octanol–water partition coefficient (Wildman–Crippen LogP) is 8.87. The van der Waals surface area contributed by atoms with Gasteiger partial charge in [-0.15, -0.1) is 0 Å². The molecule has 2 aliphatic rings. The van der Waals surface area contributed by atoms with E-state index in [4.69, 9.17) is 9.47 Å². The Labute approximate surface area is 293 Å². The highest BCUT2D eigenvalue weighted by atomic mass is 79.9. The van der Waals surface area contributed by atoms with E-state index in [2.05, 4.69) is 66.4 Å². The molecule has 8 rings (SSSR count). The number of ether oxygens (including phenoxy) is 2. The van der Waals surface area contributed by atoms with Crippen LogP contribution in [0.5, 0.6) is 11.8 Å². The van der Waals surface area contributed by atoms with Crippen LogP contribution in [0, 0.1) is 11.8 Å². The molecular formula is C36H41BrN10O2. The Balaban J connectivity index is 0.000000154. The second-order valence-electron chi connectivity index (χ2n) is 12.7. The fourth-order valence-electron chi connectivity index (χ4n) is 6.38. The molecule has 0 aliphatic heterocycles. The van der Waals surface area contributed by atoms with Crippen LogP contribution in [-0.4, -0.2) is 53.1 Å². The van der Waals surface area contributed by atoms with Gasteiger partial charge in [0.2, 0.25) is 23.7 Å². The van der Waals surface area contributed by atoms with Crippen molar-refractivity contribution in [3.8, 4) is 11.8 Å². The van der Waals surface area contributed by atoms with Crippen molar-refractivity contribution >= 4 is 61.5 Å². The smallest absolute Gasteiger partial charge is 0.245 e. The van der Waals surface area contributed by atoms with Crippen molar-refractivity contribution < 1.29 is 9.47 Å². The van der Waals surface area contributed by atoms with E-state index in [9.17, 15) is 0 Å². The average Bonchev–Trinajstić information content (AvgIpc) is 3.82. The molecule has 49 heavy (non-hydrogen) atoms. The minimum absolute atomic E-state index is 0.483. The lowest BCUT2D eigenvalue weighted by molar-refractivity contribution is 0.204. The van der Waals surface area contributed by atoms with Gasteiger partial charge >= 0.3 is 0 Å². The summed E-state index contributed by atoms with van der Waals surface area (Å²) in [5.74, 6) is 3.35. The van der Waals surface area contributed by atoms with Gasteiger partial charge in [-0.05, 0) is 67.9 Å². The third-order valence-corrected chi connectivity index (χ3v) is 9.47. The Morgan fingerprint density at radius 1 is 0.612 bits per heavy atom. The van der Waals surface area contributed by atoms with E-state index in [0.29, 0.717) is 60.0 Å². The van der Waals surface area contributed by atoms with E-state index in [-0.39, 0.29) is 0 Å². The molecule has 0 saturated heterocycles. The molecule has 254 valence electrons.